The Labute approximate surface area is 137 Å². The van der Waals surface area contributed by atoms with E-state index in [1.165, 1.54) is 0 Å². The van der Waals surface area contributed by atoms with Crippen molar-refractivity contribution in [1.82, 2.24) is 4.90 Å². The maximum absolute atomic E-state index is 12.1. The van der Waals surface area contributed by atoms with Crippen LogP contribution in [0.2, 0.25) is 0 Å². The molecule has 5 nitrogen and oxygen atoms in total. The van der Waals surface area contributed by atoms with Crippen LogP contribution in [-0.4, -0.2) is 35.3 Å². The van der Waals surface area contributed by atoms with Gasteiger partial charge in [0, 0.05) is 6.54 Å². The van der Waals surface area contributed by atoms with Crippen LogP contribution in [0.15, 0.2) is 24.3 Å². The van der Waals surface area contributed by atoms with Crippen LogP contribution in [0, 0.1) is 11.3 Å². The standard InChI is InChI=1S/C18H24N2O3/c1-17(2,3)23-16(21)20-10-9-18(4,13-20)22-12-15-7-5-14(11-19)6-8-15/h5-8H,9-10,12-13H2,1-4H3. The summed E-state index contributed by atoms with van der Waals surface area (Å²) in [5.41, 5.74) is 0.794. The molecule has 124 valence electrons. The number of amides is 1. The molecule has 1 aromatic carbocycles. The molecule has 0 bridgehead atoms. The highest BCUT2D eigenvalue weighted by Gasteiger charge is 2.38. The van der Waals surface area contributed by atoms with Crippen LogP contribution in [0.5, 0.6) is 0 Å². The van der Waals surface area contributed by atoms with Crippen LogP contribution in [0.4, 0.5) is 4.79 Å². The van der Waals surface area contributed by atoms with E-state index in [0.29, 0.717) is 25.3 Å². The van der Waals surface area contributed by atoms with Gasteiger partial charge in [0.05, 0.1) is 30.4 Å². The third kappa shape index (κ3) is 4.97. The molecule has 0 aromatic heterocycles. The van der Waals surface area contributed by atoms with Gasteiger partial charge in [0.15, 0.2) is 0 Å². The zero-order valence-electron chi connectivity index (χ0n) is 14.3. The van der Waals surface area contributed by atoms with Gasteiger partial charge in [-0.1, -0.05) is 12.1 Å². The molecule has 1 fully saturated rings. The Bertz CT molecular complexity index is 598. The number of ether oxygens (including phenoxy) is 2. The van der Waals surface area contributed by atoms with E-state index in [0.717, 1.165) is 12.0 Å². The van der Waals surface area contributed by atoms with Crippen LogP contribution in [0.3, 0.4) is 0 Å². The highest BCUT2D eigenvalue weighted by Crippen LogP contribution is 2.27. The first-order valence-corrected chi connectivity index (χ1v) is 7.82. The summed E-state index contributed by atoms with van der Waals surface area (Å²) in [4.78, 5) is 13.8. The van der Waals surface area contributed by atoms with Gasteiger partial charge in [-0.25, -0.2) is 4.79 Å². The molecule has 1 heterocycles. The first-order valence-electron chi connectivity index (χ1n) is 7.82. The number of likely N-dealkylation sites (tertiary alicyclic amines) is 1. The molecule has 1 amide bonds. The first kappa shape index (κ1) is 17.3. The number of benzene rings is 1. The van der Waals surface area contributed by atoms with Crippen LogP contribution in [0.1, 0.15) is 45.2 Å². The Morgan fingerprint density at radius 2 is 2.00 bits per heavy atom. The molecule has 0 N–H and O–H groups in total. The molecule has 1 aliphatic rings. The monoisotopic (exact) mass is 316 g/mol. The second-order valence-corrected chi connectivity index (χ2v) is 7.20. The maximum atomic E-state index is 12.1. The van der Waals surface area contributed by atoms with Gasteiger partial charge in [-0.3, -0.25) is 0 Å². The SMILES string of the molecule is CC(C)(C)OC(=O)N1CCC(C)(OCc2ccc(C#N)cc2)C1. The molecular weight excluding hydrogens is 292 g/mol. The summed E-state index contributed by atoms with van der Waals surface area (Å²) in [6.07, 6.45) is 0.492. The van der Waals surface area contributed by atoms with E-state index in [-0.39, 0.29) is 11.7 Å². The van der Waals surface area contributed by atoms with Crippen molar-refractivity contribution in [2.24, 2.45) is 0 Å². The van der Waals surface area contributed by atoms with Gasteiger partial charge in [0.25, 0.3) is 0 Å². The summed E-state index contributed by atoms with van der Waals surface area (Å²) < 4.78 is 11.4. The van der Waals surface area contributed by atoms with Crippen molar-refractivity contribution in [1.29, 1.82) is 5.26 Å². The number of rotatable bonds is 3. The van der Waals surface area contributed by atoms with Gasteiger partial charge in [0.2, 0.25) is 0 Å². The Kier molecular flexibility index (Phi) is 4.96. The highest BCUT2D eigenvalue weighted by molar-refractivity contribution is 5.68. The number of nitriles is 1. The molecule has 23 heavy (non-hydrogen) atoms. The third-order valence-electron chi connectivity index (χ3n) is 3.76. The molecule has 1 atom stereocenters. The Balaban J connectivity index is 1.88. The molecule has 0 radical (unpaired) electrons. The summed E-state index contributed by atoms with van der Waals surface area (Å²) in [6, 6.07) is 9.44. The number of carbonyl (C=O) groups excluding carboxylic acids is 1. The van der Waals surface area contributed by atoms with Crippen molar-refractivity contribution in [2.75, 3.05) is 13.1 Å². The maximum Gasteiger partial charge on any atom is 0.410 e. The highest BCUT2D eigenvalue weighted by atomic mass is 16.6. The van der Waals surface area contributed by atoms with Crippen molar-refractivity contribution in [3.63, 3.8) is 0 Å². The van der Waals surface area contributed by atoms with Crippen molar-refractivity contribution in [3.05, 3.63) is 35.4 Å². The quantitative estimate of drug-likeness (QED) is 0.856. The zero-order valence-corrected chi connectivity index (χ0v) is 14.3. The smallest absolute Gasteiger partial charge is 0.410 e. The average Bonchev–Trinajstić information content (AvgIpc) is 2.87. The summed E-state index contributed by atoms with van der Waals surface area (Å²) >= 11 is 0. The van der Waals surface area contributed by atoms with E-state index in [4.69, 9.17) is 14.7 Å². The van der Waals surface area contributed by atoms with E-state index < -0.39 is 5.60 Å². The predicted molar refractivity (Wildman–Crippen MR) is 86.8 cm³/mol. The summed E-state index contributed by atoms with van der Waals surface area (Å²) in [5.74, 6) is 0. The van der Waals surface area contributed by atoms with Crippen molar-refractivity contribution >= 4 is 6.09 Å². The minimum Gasteiger partial charge on any atom is -0.444 e. The minimum atomic E-state index is -0.487. The Morgan fingerprint density at radius 3 is 2.57 bits per heavy atom. The lowest BCUT2D eigenvalue weighted by molar-refractivity contribution is -0.0374. The average molecular weight is 316 g/mol. The molecule has 0 saturated carbocycles. The number of nitrogens with zero attached hydrogens (tertiary/aromatic N) is 2. The minimum absolute atomic E-state index is 0.289. The van der Waals surface area contributed by atoms with Gasteiger partial charge in [-0.05, 0) is 51.8 Å². The van der Waals surface area contributed by atoms with Gasteiger partial charge in [-0.15, -0.1) is 0 Å². The molecule has 1 aliphatic heterocycles. The fraction of sp³-hybridized carbons (Fsp3) is 0.556. The number of hydrogen-bond acceptors (Lipinski definition) is 4. The van der Waals surface area contributed by atoms with Crippen LogP contribution in [0.25, 0.3) is 0 Å². The molecule has 2 rings (SSSR count). The van der Waals surface area contributed by atoms with Gasteiger partial charge < -0.3 is 14.4 Å². The Hall–Kier alpha value is -2.06. The molecule has 1 aromatic rings. The molecular formula is C18H24N2O3. The fourth-order valence-electron chi connectivity index (χ4n) is 2.47. The lowest BCUT2D eigenvalue weighted by Crippen LogP contribution is -2.39. The molecule has 1 unspecified atom stereocenters. The van der Waals surface area contributed by atoms with Gasteiger partial charge in [-0.2, -0.15) is 5.26 Å². The molecule has 0 spiro atoms. The lowest BCUT2D eigenvalue weighted by Gasteiger charge is -2.27. The van der Waals surface area contributed by atoms with Crippen LogP contribution in [-0.2, 0) is 16.1 Å². The second kappa shape index (κ2) is 6.59. The first-order chi connectivity index (χ1) is 10.7. The van der Waals surface area contributed by atoms with E-state index in [9.17, 15) is 4.79 Å². The Morgan fingerprint density at radius 1 is 1.35 bits per heavy atom. The number of hydrogen-bond donors (Lipinski definition) is 0. The van der Waals surface area contributed by atoms with Gasteiger partial charge >= 0.3 is 6.09 Å². The molecule has 1 saturated heterocycles. The predicted octanol–water partition coefficient (Wildman–Crippen LogP) is 3.47. The normalized spacial score (nSPS) is 21.1. The van der Waals surface area contributed by atoms with Crippen LogP contribution < -0.4 is 0 Å². The zero-order chi connectivity index (χ0) is 17.1. The summed E-state index contributed by atoms with van der Waals surface area (Å²) in [6.45, 7) is 9.23. The molecule has 5 heteroatoms. The summed E-state index contributed by atoms with van der Waals surface area (Å²) in [7, 11) is 0. The largest absolute Gasteiger partial charge is 0.444 e. The van der Waals surface area contributed by atoms with E-state index in [2.05, 4.69) is 6.07 Å². The lowest BCUT2D eigenvalue weighted by atomic mass is 10.1. The van der Waals surface area contributed by atoms with E-state index in [1.54, 1.807) is 17.0 Å². The van der Waals surface area contributed by atoms with Crippen molar-refractivity contribution in [3.8, 4) is 6.07 Å². The number of carbonyl (C=O) groups is 1. The van der Waals surface area contributed by atoms with Crippen molar-refractivity contribution in [2.45, 2.75) is 51.9 Å². The third-order valence-corrected chi connectivity index (χ3v) is 3.76. The van der Waals surface area contributed by atoms with E-state index in [1.807, 2.05) is 39.8 Å². The van der Waals surface area contributed by atoms with Gasteiger partial charge in [0.1, 0.15) is 5.60 Å². The van der Waals surface area contributed by atoms with E-state index >= 15 is 0 Å². The van der Waals surface area contributed by atoms with Crippen LogP contribution >= 0.6 is 0 Å². The molecule has 0 aliphatic carbocycles. The fourth-order valence-corrected chi connectivity index (χ4v) is 2.47. The second-order valence-electron chi connectivity index (χ2n) is 7.20. The summed E-state index contributed by atoms with van der Waals surface area (Å²) in [5, 5.41) is 8.80. The topological polar surface area (TPSA) is 62.6 Å². The van der Waals surface area contributed by atoms with Crippen molar-refractivity contribution < 1.29 is 14.3 Å².